The normalized spacial score (nSPS) is 13.7. The van der Waals surface area contributed by atoms with Gasteiger partial charge >= 0.3 is 6.09 Å². The van der Waals surface area contributed by atoms with E-state index < -0.39 is 35.2 Å². The summed E-state index contributed by atoms with van der Waals surface area (Å²) in [6.07, 6.45) is -0.740. The van der Waals surface area contributed by atoms with Gasteiger partial charge in [-0.05, 0) is 66.2 Å². The summed E-state index contributed by atoms with van der Waals surface area (Å²) < 4.78 is 5.24. The highest BCUT2D eigenvalue weighted by molar-refractivity contribution is 7.80. The number of carbonyl (C=O) groups excluding carboxylic acids is 3. The van der Waals surface area contributed by atoms with Gasteiger partial charge in [0, 0.05) is 17.8 Å². The molecular formula is C22H35N3O5S. The summed E-state index contributed by atoms with van der Waals surface area (Å²) in [5, 5.41) is 15.1. The Bertz CT molecular complexity index is 769. The van der Waals surface area contributed by atoms with Crippen molar-refractivity contribution >= 4 is 30.5 Å². The molecule has 0 aliphatic rings. The highest BCUT2D eigenvalue weighted by Gasteiger charge is 2.36. The van der Waals surface area contributed by atoms with Gasteiger partial charge in [0.15, 0.2) is 0 Å². The first-order valence-corrected chi connectivity index (χ1v) is 10.8. The molecule has 3 N–H and O–H groups in total. The molecule has 174 valence electrons. The van der Waals surface area contributed by atoms with Crippen molar-refractivity contribution in [1.82, 2.24) is 15.5 Å². The van der Waals surface area contributed by atoms with Crippen LogP contribution in [0.3, 0.4) is 0 Å². The van der Waals surface area contributed by atoms with E-state index in [4.69, 9.17) is 4.74 Å². The van der Waals surface area contributed by atoms with Crippen molar-refractivity contribution in [3.05, 3.63) is 29.8 Å². The number of phenols is 1. The Morgan fingerprint density at radius 3 is 2.06 bits per heavy atom. The molecular weight excluding hydrogens is 418 g/mol. The third-order valence-electron chi connectivity index (χ3n) is 4.06. The number of rotatable bonds is 7. The Kier molecular flexibility index (Phi) is 9.23. The summed E-state index contributed by atoms with van der Waals surface area (Å²) in [7, 11) is 0. The van der Waals surface area contributed by atoms with Gasteiger partial charge in [-0.15, -0.1) is 0 Å². The number of carbonyl (C=O) groups is 3. The number of aromatic hydroxyl groups is 1. The van der Waals surface area contributed by atoms with E-state index in [1.165, 1.54) is 17.0 Å². The van der Waals surface area contributed by atoms with E-state index in [2.05, 4.69) is 23.3 Å². The Morgan fingerprint density at radius 1 is 1.10 bits per heavy atom. The van der Waals surface area contributed by atoms with E-state index in [-0.39, 0.29) is 24.0 Å². The molecule has 0 aromatic heterocycles. The number of alkyl carbamates (subject to hydrolysis) is 1. The van der Waals surface area contributed by atoms with Crippen LogP contribution in [-0.2, 0) is 14.3 Å². The van der Waals surface area contributed by atoms with E-state index in [0.29, 0.717) is 5.56 Å². The molecule has 2 atom stereocenters. The molecule has 1 aromatic rings. The molecule has 0 spiro atoms. The van der Waals surface area contributed by atoms with Gasteiger partial charge in [0.1, 0.15) is 23.4 Å². The Morgan fingerprint density at radius 2 is 1.65 bits per heavy atom. The number of ether oxygens (including phenoxy) is 1. The van der Waals surface area contributed by atoms with Crippen LogP contribution >= 0.6 is 12.6 Å². The van der Waals surface area contributed by atoms with Gasteiger partial charge < -0.3 is 25.4 Å². The zero-order valence-corrected chi connectivity index (χ0v) is 20.2. The topological polar surface area (TPSA) is 108 Å². The fraction of sp³-hybridized carbons (Fsp3) is 0.591. The van der Waals surface area contributed by atoms with Crippen LogP contribution < -0.4 is 10.6 Å². The number of nitrogens with zero attached hydrogens (tertiary/aromatic N) is 1. The second-order valence-electron chi connectivity index (χ2n) is 9.24. The zero-order valence-electron chi connectivity index (χ0n) is 19.4. The Balaban J connectivity index is 3.25. The van der Waals surface area contributed by atoms with Crippen LogP contribution in [0.15, 0.2) is 24.3 Å². The van der Waals surface area contributed by atoms with Gasteiger partial charge in [-0.3, -0.25) is 9.59 Å². The molecule has 0 bridgehead atoms. The van der Waals surface area contributed by atoms with E-state index in [9.17, 15) is 19.5 Å². The van der Waals surface area contributed by atoms with Gasteiger partial charge in [0.2, 0.25) is 11.8 Å². The molecule has 8 nitrogen and oxygen atoms in total. The number of likely N-dealkylation sites (N-methyl/N-ethyl adjacent to an activating group) is 1. The van der Waals surface area contributed by atoms with Crippen molar-refractivity contribution in [2.24, 2.45) is 0 Å². The van der Waals surface area contributed by atoms with Crippen molar-refractivity contribution in [3.63, 3.8) is 0 Å². The van der Waals surface area contributed by atoms with Crippen molar-refractivity contribution in [1.29, 1.82) is 0 Å². The minimum Gasteiger partial charge on any atom is -0.508 e. The predicted molar refractivity (Wildman–Crippen MR) is 123 cm³/mol. The molecule has 1 rings (SSSR count). The average molecular weight is 454 g/mol. The van der Waals surface area contributed by atoms with Gasteiger partial charge in [-0.2, -0.15) is 12.6 Å². The Hall–Kier alpha value is -2.42. The average Bonchev–Trinajstić information content (AvgIpc) is 2.61. The second kappa shape index (κ2) is 10.7. The van der Waals surface area contributed by atoms with Gasteiger partial charge in [0.05, 0.1) is 0 Å². The highest BCUT2D eigenvalue weighted by atomic mass is 32.1. The van der Waals surface area contributed by atoms with Gasteiger partial charge in [0.25, 0.3) is 0 Å². The third-order valence-corrected chi connectivity index (χ3v) is 4.43. The molecule has 0 saturated carbocycles. The van der Waals surface area contributed by atoms with Crippen LogP contribution in [-0.4, -0.2) is 57.4 Å². The van der Waals surface area contributed by atoms with Crippen LogP contribution in [0.25, 0.3) is 0 Å². The summed E-state index contributed by atoms with van der Waals surface area (Å²) in [6.45, 7) is 12.7. The second-order valence-corrected chi connectivity index (χ2v) is 9.60. The van der Waals surface area contributed by atoms with E-state index >= 15 is 0 Å². The number of thiol groups is 1. The summed E-state index contributed by atoms with van der Waals surface area (Å²) in [6, 6.07) is 4.16. The molecule has 2 unspecified atom stereocenters. The minimum atomic E-state index is -0.986. The lowest BCUT2D eigenvalue weighted by Crippen LogP contribution is -2.55. The van der Waals surface area contributed by atoms with Crippen LogP contribution in [0.2, 0.25) is 0 Å². The lowest BCUT2D eigenvalue weighted by Gasteiger charge is -2.35. The maximum atomic E-state index is 13.3. The van der Waals surface area contributed by atoms with E-state index in [0.717, 1.165) is 0 Å². The van der Waals surface area contributed by atoms with Crippen LogP contribution in [0.4, 0.5) is 4.79 Å². The monoisotopic (exact) mass is 453 g/mol. The molecule has 0 radical (unpaired) electrons. The Labute approximate surface area is 190 Å². The lowest BCUT2D eigenvalue weighted by molar-refractivity contribution is -0.142. The molecule has 9 heteroatoms. The van der Waals surface area contributed by atoms with Crippen LogP contribution in [0.1, 0.15) is 60.1 Å². The maximum Gasteiger partial charge on any atom is 0.408 e. The zero-order chi connectivity index (χ0) is 24.0. The quantitative estimate of drug-likeness (QED) is 0.475. The number of nitrogens with one attached hydrogen (secondary N) is 2. The molecule has 0 fully saturated rings. The number of hydrogen-bond donors (Lipinski definition) is 4. The standard InChI is InChI=1S/C22H35N3O5S/c1-8-25(19(28)16(13-31)23-20(29)30-22(5,6)7)17(18(27)24-21(2,3)4)14-9-11-15(26)12-10-14/h9-12,16-17,26,31H,8,13H2,1-7H3,(H,23,29)(H,24,27). The van der Waals surface area contributed by atoms with Crippen molar-refractivity contribution in [2.45, 2.75) is 71.7 Å². The molecule has 0 heterocycles. The molecule has 1 aromatic carbocycles. The summed E-state index contributed by atoms with van der Waals surface area (Å²) in [4.78, 5) is 40.1. The maximum absolute atomic E-state index is 13.3. The van der Waals surface area contributed by atoms with Crippen molar-refractivity contribution in [3.8, 4) is 5.75 Å². The number of amides is 3. The molecule has 0 aliphatic heterocycles. The van der Waals surface area contributed by atoms with E-state index in [1.807, 2.05) is 20.8 Å². The largest absolute Gasteiger partial charge is 0.508 e. The van der Waals surface area contributed by atoms with Crippen molar-refractivity contribution in [2.75, 3.05) is 12.3 Å². The number of benzene rings is 1. The van der Waals surface area contributed by atoms with Crippen LogP contribution in [0.5, 0.6) is 5.75 Å². The first-order chi connectivity index (χ1) is 14.2. The summed E-state index contributed by atoms with van der Waals surface area (Å²) in [5.41, 5.74) is -0.711. The number of phenolic OH excluding ortho intramolecular Hbond substituents is 1. The SMILES string of the molecule is CCN(C(=O)C(CS)NC(=O)OC(C)(C)C)C(C(=O)NC(C)(C)C)c1ccc(O)cc1. The fourth-order valence-electron chi connectivity index (χ4n) is 2.87. The predicted octanol–water partition coefficient (Wildman–Crippen LogP) is 3.02. The summed E-state index contributed by atoms with van der Waals surface area (Å²) in [5.74, 6) is -0.764. The minimum absolute atomic E-state index is 0.0256. The van der Waals surface area contributed by atoms with Gasteiger partial charge in [-0.25, -0.2) is 4.79 Å². The highest BCUT2D eigenvalue weighted by Crippen LogP contribution is 2.25. The first-order valence-electron chi connectivity index (χ1n) is 10.2. The fourth-order valence-corrected chi connectivity index (χ4v) is 3.12. The van der Waals surface area contributed by atoms with Gasteiger partial charge in [-0.1, -0.05) is 12.1 Å². The number of hydrogen-bond acceptors (Lipinski definition) is 6. The van der Waals surface area contributed by atoms with Crippen LogP contribution in [0, 0.1) is 0 Å². The van der Waals surface area contributed by atoms with Crippen molar-refractivity contribution < 1.29 is 24.2 Å². The smallest absolute Gasteiger partial charge is 0.408 e. The molecule has 0 saturated heterocycles. The van der Waals surface area contributed by atoms with E-state index in [1.54, 1.807) is 39.8 Å². The molecule has 3 amide bonds. The molecule has 0 aliphatic carbocycles. The third kappa shape index (κ3) is 8.69. The molecule has 31 heavy (non-hydrogen) atoms. The lowest BCUT2D eigenvalue weighted by atomic mass is 10.0. The summed E-state index contributed by atoms with van der Waals surface area (Å²) >= 11 is 4.21. The first kappa shape index (κ1) is 26.6.